The molecule has 0 aliphatic carbocycles. The van der Waals surface area contributed by atoms with E-state index in [1.807, 2.05) is 0 Å². The van der Waals surface area contributed by atoms with Crippen molar-refractivity contribution in [2.24, 2.45) is 0 Å². The molecule has 29 heavy (non-hydrogen) atoms. The number of amides is 2. The van der Waals surface area contributed by atoms with E-state index in [0.29, 0.717) is 30.6 Å². The number of likely N-dealkylation sites (N-methyl/N-ethyl adjacent to an activating group) is 1. The smallest absolute Gasteiger partial charge is 0.323 e. The van der Waals surface area contributed by atoms with E-state index in [1.165, 1.54) is 30.6 Å². The number of nitrogens with one attached hydrogen (secondary N) is 1. The number of halogens is 1. The first-order valence-corrected chi connectivity index (χ1v) is 9.51. The van der Waals surface area contributed by atoms with Gasteiger partial charge in [-0.2, -0.15) is 0 Å². The van der Waals surface area contributed by atoms with Crippen molar-refractivity contribution in [3.05, 3.63) is 36.4 Å². The van der Waals surface area contributed by atoms with Crippen LogP contribution in [0.25, 0.3) is 0 Å². The summed E-state index contributed by atoms with van der Waals surface area (Å²) >= 11 is 0. The van der Waals surface area contributed by atoms with Gasteiger partial charge in [-0.3, -0.25) is 10.2 Å². The number of rotatable bonds is 4. The molecule has 9 nitrogen and oxygen atoms in total. The van der Waals surface area contributed by atoms with E-state index in [0.717, 1.165) is 26.2 Å². The van der Waals surface area contributed by atoms with Crippen LogP contribution in [-0.4, -0.2) is 83.1 Å². The first-order chi connectivity index (χ1) is 14.0. The molecule has 3 N–H and O–H groups in total. The predicted molar refractivity (Wildman–Crippen MR) is 106 cm³/mol. The summed E-state index contributed by atoms with van der Waals surface area (Å²) in [4.78, 5) is 27.0. The second kappa shape index (κ2) is 8.18. The Morgan fingerprint density at radius 2 is 1.97 bits per heavy atom. The molecular formula is C19H24FN7O2. The Labute approximate surface area is 168 Å². The van der Waals surface area contributed by atoms with Crippen LogP contribution in [0.2, 0.25) is 0 Å². The number of carbonyl (C=O) groups excluding carboxylic acids is 1. The number of nitrogens with zero attached hydrogens (tertiary/aromatic N) is 5. The van der Waals surface area contributed by atoms with Crippen LogP contribution in [0.1, 0.15) is 0 Å². The third kappa shape index (κ3) is 4.54. The van der Waals surface area contributed by atoms with Gasteiger partial charge in [0.15, 0.2) is 11.6 Å². The molecule has 1 aromatic heterocycles. The van der Waals surface area contributed by atoms with Crippen LogP contribution in [0, 0.1) is 5.82 Å². The summed E-state index contributed by atoms with van der Waals surface area (Å²) in [5, 5.41) is 2.76. The Hall–Kier alpha value is -2.98. The molecule has 3 heterocycles. The van der Waals surface area contributed by atoms with Crippen molar-refractivity contribution in [2.45, 2.75) is 6.04 Å². The molecule has 2 amide bonds. The minimum Gasteiger partial charge on any atom is -0.436 e. The second-order valence-corrected chi connectivity index (χ2v) is 7.36. The highest BCUT2D eigenvalue weighted by molar-refractivity contribution is 5.88. The first-order valence-electron chi connectivity index (χ1n) is 9.51. The number of urea groups is 1. The molecule has 10 heteroatoms. The molecule has 2 aliphatic rings. The molecule has 0 bridgehead atoms. The van der Waals surface area contributed by atoms with Crippen molar-refractivity contribution in [1.82, 2.24) is 24.7 Å². The monoisotopic (exact) mass is 401 g/mol. The fraction of sp³-hybridized carbons (Fsp3) is 0.421. The standard InChI is InChI=1S/C19H24FN7O2/c1-25-10-14(11-25)26-4-6-27(7-5-26)19(28)24-17-9-18(23-12-22-17)29-16-3-2-13(21)8-15(16)20/h2-3,8-9,12,14H,4-7,10-11,21H2,1H3,(H,22,23,24,28). The summed E-state index contributed by atoms with van der Waals surface area (Å²) in [5.41, 5.74) is 5.84. The molecule has 154 valence electrons. The van der Waals surface area contributed by atoms with E-state index in [1.54, 1.807) is 4.90 Å². The summed E-state index contributed by atoms with van der Waals surface area (Å²) in [5.74, 6) is -0.186. The molecule has 0 atom stereocenters. The van der Waals surface area contributed by atoms with E-state index >= 15 is 0 Å². The van der Waals surface area contributed by atoms with Crippen LogP contribution >= 0.6 is 0 Å². The number of nitrogens with two attached hydrogens (primary N) is 1. The molecule has 0 unspecified atom stereocenters. The molecule has 4 rings (SSSR count). The Morgan fingerprint density at radius 1 is 1.21 bits per heavy atom. The van der Waals surface area contributed by atoms with Crippen LogP contribution in [0.3, 0.4) is 0 Å². The quantitative estimate of drug-likeness (QED) is 0.748. The van der Waals surface area contributed by atoms with Crippen molar-refractivity contribution in [1.29, 1.82) is 0 Å². The van der Waals surface area contributed by atoms with Gasteiger partial charge in [0.1, 0.15) is 12.1 Å². The Balaban J connectivity index is 1.32. The van der Waals surface area contributed by atoms with E-state index < -0.39 is 5.82 Å². The molecule has 2 aromatic rings. The number of hydrogen-bond acceptors (Lipinski definition) is 7. The number of benzene rings is 1. The zero-order chi connectivity index (χ0) is 20.4. The minimum atomic E-state index is -0.593. The lowest BCUT2D eigenvalue weighted by Crippen LogP contribution is -2.62. The normalized spacial score (nSPS) is 18.3. The van der Waals surface area contributed by atoms with Gasteiger partial charge in [-0.15, -0.1) is 0 Å². The number of piperazine rings is 1. The molecule has 0 saturated carbocycles. The zero-order valence-electron chi connectivity index (χ0n) is 16.2. The average molecular weight is 401 g/mol. The van der Waals surface area contributed by atoms with Gasteiger partial charge in [0.2, 0.25) is 5.88 Å². The van der Waals surface area contributed by atoms with Crippen molar-refractivity contribution in [3.8, 4) is 11.6 Å². The van der Waals surface area contributed by atoms with Crippen LogP contribution in [-0.2, 0) is 0 Å². The number of nitrogen functional groups attached to an aromatic ring is 1. The number of likely N-dealkylation sites (tertiary alicyclic amines) is 1. The van der Waals surface area contributed by atoms with Gasteiger partial charge in [-0.25, -0.2) is 19.2 Å². The second-order valence-electron chi connectivity index (χ2n) is 7.36. The topological polar surface area (TPSA) is 99.8 Å². The number of hydrogen-bond donors (Lipinski definition) is 2. The van der Waals surface area contributed by atoms with Gasteiger partial charge >= 0.3 is 6.03 Å². The fourth-order valence-electron chi connectivity index (χ4n) is 3.55. The van der Waals surface area contributed by atoms with Gasteiger partial charge in [0, 0.05) is 63.1 Å². The highest BCUT2D eigenvalue weighted by Gasteiger charge is 2.32. The van der Waals surface area contributed by atoms with E-state index in [4.69, 9.17) is 10.5 Å². The maximum Gasteiger partial charge on any atom is 0.323 e. The molecule has 0 radical (unpaired) electrons. The number of carbonyl (C=O) groups is 1. The summed E-state index contributed by atoms with van der Waals surface area (Å²) < 4.78 is 19.3. The summed E-state index contributed by atoms with van der Waals surface area (Å²) in [6.07, 6.45) is 1.26. The lowest BCUT2D eigenvalue weighted by Gasteiger charge is -2.46. The van der Waals surface area contributed by atoms with Crippen molar-refractivity contribution < 1.29 is 13.9 Å². The summed E-state index contributed by atoms with van der Waals surface area (Å²) in [6, 6.07) is 5.95. The van der Waals surface area contributed by atoms with Crippen molar-refractivity contribution >= 4 is 17.5 Å². The van der Waals surface area contributed by atoms with Crippen LogP contribution < -0.4 is 15.8 Å². The fourth-order valence-corrected chi connectivity index (χ4v) is 3.55. The highest BCUT2D eigenvalue weighted by Crippen LogP contribution is 2.25. The van der Waals surface area contributed by atoms with Crippen molar-refractivity contribution in [3.63, 3.8) is 0 Å². The maximum atomic E-state index is 13.9. The molecule has 2 aliphatic heterocycles. The van der Waals surface area contributed by atoms with E-state index in [2.05, 4.69) is 32.1 Å². The number of ether oxygens (including phenoxy) is 1. The summed E-state index contributed by atoms with van der Waals surface area (Å²) in [6.45, 7) is 5.23. The van der Waals surface area contributed by atoms with Gasteiger partial charge in [0.05, 0.1) is 0 Å². The Bertz CT molecular complexity index is 883. The Kier molecular flexibility index (Phi) is 5.45. The number of aromatic nitrogens is 2. The van der Waals surface area contributed by atoms with E-state index in [-0.39, 0.29) is 17.7 Å². The lowest BCUT2D eigenvalue weighted by molar-refractivity contribution is 0.0266. The average Bonchev–Trinajstić information content (AvgIpc) is 2.68. The molecule has 0 spiro atoms. The van der Waals surface area contributed by atoms with Crippen molar-refractivity contribution in [2.75, 3.05) is 57.4 Å². The van der Waals surface area contributed by atoms with Crippen LogP contribution in [0.15, 0.2) is 30.6 Å². The van der Waals surface area contributed by atoms with Crippen LogP contribution in [0.5, 0.6) is 11.6 Å². The molecule has 2 saturated heterocycles. The first kappa shape index (κ1) is 19.3. The zero-order valence-corrected chi connectivity index (χ0v) is 16.2. The van der Waals surface area contributed by atoms with Gasteiger partial charge < -0.3 is 20.3 Å². The maximum absolute atomic E-state index is 13.9. The molecular weight excluding hydrogens is 377 g/mol. The number of anilines is 2. The van der Waals surface area contributed by atoms with E-state index in [9.17, 15) is 9.18 Å². The lowest BCUT2D eigenvalue weighted by atomic mass is 10.1. The Morgan fingerprint density at radius 3 is 2.66 bits per heavy atom. The minimum absolute atomic E-state index is 0.00654. The molecule has 1 aromatic carbocycles. The summed E-state index contributed by atoms with van der Waals surface area (Å²) in [7, 11) is 2.11. The largest absolute Gasteiger partial charge is 0.436 e. The predicted octanol–water partition coefficient (Wildman–Crippen LogP) is 1.45. The third-order valence-corrected chi connectivity index (χ3v) is 5.21. The third-order valence-electron chi connectivity index (χ3n) is 5.21. The SMILES string of the molecule is CN1CC(N2CCN(C(=O)Nc3cc(Oc4ccc(N)cc4F)ncn3)CC2)C1. The van der Waals surface area contributed by atoms with Gasteiger partial charge in [-0.05, 0) is 19.2 Å². The molecule has 2 fully saturated rings. The van der Waals surface area contributed by atoms with Gasteiger partial charge in [0.25, 0.3) is 0 Å². The van der Waals surface area contributed by atoms with Gasteiger partial charge in [-0.1, -0.05) is 0 Å². The highest BCUT2D eigenvalue weighted by atomic mass is 19.1. The van der Waals surface area contributed by atoms with Crippen LogP contribution in [0.4, 0.5) is 20.7 Å².